The first kappa shape index (κ1) is 14.1. The maximum absolute atomic E-state index is 5.40. The SMILES string of the molecule is C1CN(c2noc(C3CC3)n2)CC2(C1)CCNCC2.Cl. The molecule has 20 heavy (non-hydrogen) atoms. The van der Waals surface area contributed by atoms with Crippen molar-refractivity contribution in [3.8, 4) is 0 Å². The van der Waals surface area contributed by atoms with Crippen LogP contribution in [0.5, 0.6) is 0 Å². The highest BCUT2D eigenvalue weighted by Crippen LogP contribution is 2.41. The predicted octanol–water partition coefficient (Wildman–Crippen LogP) is 2.34. The molecule has 1 spiro atoms. The van der Waals surface area contributed by atoms with Crippen molar-refractivity contribution in [3.05, 3.63) is 5.89 Å². The Balaban J connectivity index is 0.00000121. The van der Waals surface area contributed by atoms with Crippen LogP contribution in [0.4, 0.5) is 5.95 Å². The minimum absolute atomic E-state index is 0. The van der Waals surface area contributed by atoms with Crippen LogP contribution in [0.3, 0.4) is 0 Å². The summed E-state index contributed by atoms with van der Waals surface area (Å²) in [6.45, 7) is 4.51. The number of nitrogens with one attached hydrogen (secondary N) is 1. The van der Waals surface area contributed by atoms with Gasteiger partial charge >= 0.3 is 0 Å². The molecule has 3 fully saturated rings. The molecule has 3 heterocycles. The highest BCUT2D eigenvalue weighted by molar-refractivity contribution is 5.85. The summed E-state index contributed by atoms with van der Waals surface area (Å²) in [6, 6.07) is 0. The Hall–Kier alpha value is -0.810. The lowest BCUT2D eigenvalue weighted by atomic mass is 9.73. The summed E-state index contributed by atoms with van der Waals surface area (Å²) >= 11 is 0. The smallest absolute Gasteiger partial charge is 0.266 e. The number of piperidine rings is 2. The maximum Gasteiger partial charge on any atom is 0.266 e. The van der Waals surface area contributed by atoms with Crippen molar-refractivity contribution in [2.75, 3.05) is 31.1 Å². The molecule has 0 aromatic carbocycles. The van der Waals surface area contributed by atoms with Crippen LogP contribution in [0, 0.1) is 5.41 Å². The summed E-state index contributed by atoms with van der Waals surface area (Å²) < 4.78 is 5.40. The number of rotatable bonds is 2. The average Bonchev–Trinajstić information content (AvgIpc) is 3.17. The molecule has 1 aliphatic carbocycles. The van der Waals surface area contributed by atoms with Crippen molar-refractivity contribution in [2.24, 2.45) is 5.41 Å². The lowest BCUT2D eigenvalue weighted by Crippen LogP contribution is -2.48. The first-order chi connectivity index (χ1) is 9.35. The minimum Gasteiger partial charge on any atom is -0.338 e. The van der Waals surface area contributed by atoms with Gasteiger partial charge in [0.05, 0.1) is 0 Å². The lowest BCUT2D eigenvalue weighted by molar-refractivity contribution is 0.165. The zero-order chi connectivity index (χ0) is 12.7. The second-order valence-corrected chi connectivity index (χ2v) is 6.48. The fourth-order valence-electron chi connectivity index (χ4n) is 3.60. The first-order valence-electron chi connectivity index (χ1n) is 7.64. The van der Waals surface area contributed by atoms with Crippen molar-refractivity contribution in [1.29, 1.82) is 0 Å². The molecule has 4 rings (SSSR count). The van der Waals surface area contributed by atoms with E-state index in [4.69, 9.17) is 4.52 Å². The molecule has 1 aromatic heterocycles. The number of hydrogen-bond acceptors (Lipinski definition) is 5. The van der Waals surface area contributed by atoms with E-state index in [1.807, 2.05) is 0 Å². The zero-order valence-corrected chi connectivity index (χ0v) is 12.6. The Morgan fingerprint density at radius 3 is 2.75 bits per heavy atom. The van der Waals surface area contributed by atoms with Crippen molar-refractivity contribution in [1.82, 2.24) is 15.5 Å². The van der Waals surface area contributed by atoms with Gasteiger partial charge in [0.25, 0.3) is 5.95 Å². The topological polar surface area (TPSA) is 54.2 Å². The third-order valence-electron chi connectivity index (χ3n) is 4.97. The molecule has 0 radical (unpaired) electrons. The van der Waals surface area contributed by atoms with Crippen LogP contribution in [0.15, 0.2) is 4.52 Å². The molecule has 2 aliphatic heterocycles. The van der Waals surface area contributed by atoms with Gasteiger partial charge in [-0.25, -0.2) is 0 Å². The molecule has 1 N–H and O–H groups in total. The fourth-order valence-corrected chi connectivity index (χ4v) is 3.60. The van der Waals surface area contributed by atoms with E-state index >= 15 is 0 Å². The third kappa shape index (κ3) is 2.66. The molecule has 0 bridgehead atoms. The van der Waals surface area contributed by atoms with E-state index in [9.17, 15) is 0 Å². The summed E-state index contributed by atoms with van der Waals surface area (Å²) in [5.74, 6) is 2.25. The standard InChI is InChI=1S/C14H22N4O.ClH/c1-4-14(5-7-15-8-6-14)10-18(9-1)13-16-12(19-17-13)11-2-3-11;/h11,15H,1-10H2;1H. The van der Waals surface area contributed by atoms with E-state index in [-0.39, 0.29) is 12.4 Å². The monoisotopic (exact) mass is 298 g/mol. The number of halogens is 1. The number of aromatic nitrogens is 2. The summed E-state index contributed by atoms with van der Waals surface area (Å²) in [5, 5.41) is 7.67. The van der Waals surface area contributed by atoms with Crippen LogP contribution in [-0.4, -0.2) is 36.3 Å². The summed E-state index contributed by atoms with van der Waals surface area (Å²) in [4.78, 5) is 6.96. The van der Waals surface area contributed by atoms with E-state index in [2.05, 4.69) is 20.4 Å². The van der Waals surface area contributed by atoms with E-state index in [1.165, 1.54) is 38.5 Å². The van der Waals surface area contributed by atoms with E-state index in [1.54, 1.807) is 0 Å². The van der Waals surface area contributed by atoms with Crippen molar-refractivity contribution < 1.29 is 4.52 Å². The van der Waals surface area contributed by atoms with Crippen molar-refractivity contribution in [3.63, 3.8) is 0 Å². The summed E-state index contributed by atoms with van der Waals surface area (Å²) in [6.07, 6.45) is 7.63. The Morgan fingerprint density at radius 1 is 1.20 bits per heavy atom. The molecule has 0 unspecified atom stereocenters. The molecule has 5 nitrogen and oxygen atoms in total. The fraction of sp³-hybridized carbons (Fsp3) is 0.857. The highest BCUT2D eigenvalue weighted by Gasteiger charge is 2.38. The van der Waals surface area contributed by atoms with Crippen LogP contribution < -0.4 is 10.2 Å². The minimum atomic E-state index is 0. The van der Waals surface area contributed by atoms with Crippen molar-refractivity contribution in [2.45, 2.75) is 44.4 Å². The van der Waals surface area contributed by atoms with Crippen molar-refractivity contribution >= 4 is 18.4 Å². The van der Waals surface area contributed by atoms with Crippen LogP contribution >= 0.6 is 12.4 Å². The molecular weight excluding hydrogens is 276 g/mol. The molecule has 6 heteroatoms. The van der Waals surface area contributed by atoms with Gasteiger partial charge in [-0.2, -0.15) is 4.98 Å². The Labute approximate surface area is 125 Å². The van der Waals surface area contributed by atoms with Gasteiger partial charge in [-0.05, 0) is 62.2 Å². The van der Waals surface area contributed by atoms with Gasteiger partial charge in [-0.15, -0.1) is 12.4 Å². The molecule has 2 saturated heterocycles. The van der Waals surface area contributed by atoms with Crippen LogP contribution in [-0.2, 0) is 0 Å². The van der Waals surface area contributed by atoms with Gasteiger partial charge in [0.15, 0.2) is 0 Å². The van der Waals surface area contributed by atoms with Gasteiger partial charge < -0.3 is 14.7 Å². The normalized spacial score (nSPS) is 25.5. The van der Waals surface area contributed by atoms with Gasteiger partial charge in [0.1, 0.15) is 0 Å². The summed E-state index contributed by atoms with van der Waals surface area (Å²) in [5.41, 5.74) is 0.490. The van der Waals surface area contributed by atoms with Gasteiger partial charge in [-0.3, -0.25) is 0 Å². The molecule has 3 aliphatic rings. The number of anilines is 1. The molecule has 1 saturated carbocycles. The Morgan fingerprint density at radius 2 is 2.00 bits per heavy atom. The second-order valence-electron chi connectivity index (χ2n) is 6.48. The van der Waals surface area contributed by atoms with Crippen LogP contribution in [0.1, 0.15) is 50.3 Å². The van der Waals surface area contributed by atoms with E-state index in [0.717, 1.165) is 38.0 Å². The number of nitrogens with zero attached hydrogens (tertiary/aromatic N) is 3. The quantitative estimate of drug-likeness (QED) is 0.908. The molecule has 0 atom stereocenters. The Bertz CT molecular complexity index is 448. The zero-order valence-electron chi connectivity index (χ0n) is 11.8. The molecular formula is C14H23ClN4O. The number of hydrogen-bond donors (Lipinski definition) is 1. The van der Waals surface area contributed by atoms with Gasteiger partial charge in [0, 0.05) is 19.0 Å². The molecule has 112 valence electrons. The maximum atomic E-state index is 5.40. The average molecular weight is 299 g/mol. The Kier molecular flexibility index (Phi) is 3.91. The van der Waals surface area contributed by atoms with Crippen LogP contribution in [0.25, 0.3) is 0 Å². The first-order valence-corrected chi connectivity index (χ1v) is 7.64. The van der Waals surface area contributed by atoms with E-state index < -0.39 is 0 Å². The molecule has 1 aromatic rings. The van der Waals surface area contributed by atoms with Crippen LogP contribution in [0.2, 0.25) is 0 Å². The predicted molar refractivity (Wildman–Crippen MR) is 79.5 cm³/mol. The molecule has 0 amide bonds. The third-order valence-corrected chi connectivity index (χ3v) is 4.97. The van der Waals surface area contributed by atoms with Gasteiger partial charge in [-0.1, -0.05) is 0 Å². The van der Waals surface area contributed by atoms with E-state index in [0.29, 0.717) is 11.3 Å². The highest BCUT2D eigenvalue weighted by atomic mass is 35.5. The largest absolute Gasteiger partial charge is 0.338 e. The lowest BCUT2D eigenvalue weighted by Gasteiger charge is -2.45. The van der Waals surface area contributed by atoms with Gasteiger partial charge in [0.2, 0.25) is 5.89 Å². The summed E-state index contributed by atoms with van der Waals surface area (Å²) in [7, 11) is 0. The second kappa shape index (κ2) is 5.53.